The molecule has 1 amide bonds. The molecule has 2 atom stereocenters. The van der Waals surface area contributed by atoms with Crippen LogP contribution in [0.1, 0.15) is 48.4 Å². The quantitative estimate of drug-likeness (QED) is 0.788. The second kappa shape index (κ2) is 7.67. The van der Waals surface area contributed by atoms with Crippen molar-refractivity contribution in [3.05, 3.63) is 57.5 Å². The Morgan fingerprint density at radius 3 is 2.76 bits per heavy atom. The summed E-state index contributed by atoms with van der Waals surface area (Å²) in [4.78, 5) is 18.4. The predicted octanol–water partition coefficient (Wildman–Crippen LogP) is 4.42. The number of fused-ring (bicyclic) bond motifs is 1. The number of thiophene rings is 1. The van der Waals surface area contributed by atoms with Gasteiger partial charge in [-0.3, -0.25) is 9.69 Å². The van der Waals surface area contributed by atoms with E-state index in [-0.39, 0.29) is 23.8 Å². The SMILES string of the molecule is CCC1c2ccsc2CCN1C(=O)CN(C)C(C)c1ccc(F)cc1. The standard InChI is InChI=1S/C20H25FN2OS/c1-4-18-17-10-12-25-19(17)9-11-23(18)20(24)13-22(3)14(2)15-5-7-16(21)8-6-15/h5-8,10,12,14,18H,4,9,11,13H2,1-3H3. The Kier molecular flexibility index (Phi) is 5.54. The minimum absolute atomic E-state index is 0.0612. The third-order valence-electron chi connectivity index (χ3n) is 5.20. The first-order chi connectivity index (χ1) is 12.0. The van der Waals surface area contributed by atoms with Gasteiger partial charge >= 0.3 is 0 Å². The molecular formula is C20H25FN2OS. The van der Waals surface area contributed by atoms with Crippen LogP contribution >= 0.6 is 11.3 Å². The number of rotatable bonds is 5. The van der Waals surface area contributed by atoms with Crippen LogP contribution in [0.5, 0.6) is 0 Å². The summed E-state index contributed by atoms with van der Waals surface area (Å²) in [6.45, 7) is 5.35. The van der Waals surface area contributed by atoms with Crippen LogP contribution < -0.4 is 0 Å². The second-order valence-electron chi connectivity index (χ2n) is 6.70. The zero-order chi connectivity index (χ0) is 18.0. The average Bonchev–Trinajstić information content (AvgIpc) is 3.09. The molecule has 25 heavy (non-hydrogen) atoms. The van der Waals surface area contributed by atoms with Crippen molar-refractivity contribution in [2.24, 2.45) is 0 Å². The van der Waals surface area contributed by atoms with Gasteiger partial charge in [0.05, 0.1) is 12.6 Å². The van der Waals surface area contributed by atoms with Gasteiger partial charge in [-0.25, -0.2) is 4.39 Å². The molecule has 0 saturated heterocycles. The molecule has 3 rings (SSSR count). The summed E-state index contributed by atoms with van der Waals surface area (Å²) in [6, 6.07) is 8.93. The maximum absolute atomic E-state index is 13.1. The normalized spacial score (nSPS) is 18.3. The zero-order valence-electron chi connectivity index (χ0n) is 15.0. The van der Waals surface area contributed by atoms with E-state index in [1.54, 1.807) is 23.5 Å². The molecule has 2 aromatic rings. The highest BCUT2D eigenvalue weighted by atomic mass is 32.1. The lowest BCUT2D eigenvalue weighted by Crippen LogP contribution is -2.44. The monoisotopic (exact) mass is 360 g/mol. The van der Waals surface area contributed by atoms with Crippen molar-refractivity contribution in [2.75, 3.05) is 20.1 Å². The number of hydrogen-bond donors (Lipinski definition) is 0. The third kappa shape index (κ3) is 3.77. The first-order valence-corrected chi connectivity index (χ1v) is 9.70. The molecule has 1 aromatic heterocycles. The summed E-state index contributed by atoms with van der Waals surface area (Å²) in [6.07, 6.45) is 1.89. The van der Waals surface area contributed by atoms with Crippen LogP contribution in [-0.4, -0.2) is 35.8 Å². The van der Waals surface area contributed by atoms with Gasteiger partial charge in [-0.2, -0.15) is 0 Å². The zero-order valence-corrected chi connectivity index (χ0v) is 15.9. The second-order valence-corrected chi connectivity index (χ2v) is 7.70. The molecule has 2 heterocycles. The van der Waals surface area contributed by atoms with Crippen molar-refractivity contribution < 1.29 is 9.18 Å². The largest absolute Gasteiger partial charge is 0.334 e. The highest BCUT2D eigenvalue weighted by molar-refractivity contribution is 7.10. The number of benzene rings is 1. The van der Waals surface area contributed by atoms with E-state index in [0.717, 1.165) is 24.9 Å². The van der Waals surface area contributed by atoms with Crippen LogP contribution in [0.25, 0.3) is 0 Å². The van der Waals surface area contributed by atoms with Gasteiger partial charge in [0.25, 0.3) is 0 Å². The van der Waals surface area contributed by atoms with E-state index in [4.69, 9.17) is 0 Å². The van der Waals surface area contributed by atoms with Crippen molar-refractivity contribution in [2.45, 2.75) is 38.8 Å². The fourth-order valence-electron chi connectivity index (χ4n) is 3.57. The van der Waals surface area contributed by atoms with Crippen LogP contribution in [0.2, 0.25) is 0 Å². The maximum atomic E-state index is 13.1. The summed E-state index contributed by atoms with van der Waals surface area (Å²) in [5, 5.41) is 2.13. The van der Waals surface area contributed by atoms with E-state index in [1.165, 1.54) is 22.6 Å². The molecular weight excluding hydrogens is 335 g/mol. The molecule has 1 aromatic carbocycles. The molecule has 3 nitrogen and oxygen atoms in total. The van der Waals surface area contributed by atoms with Gasteiger partial charge in [0.15, 0.2) is 0 Å². The van der Waals surface area contributed by atoms with Crippen LogP contribution in [-0.2, 0) is 11.2 Å². The number of likely N-dealkylation sites (N-methyl/N-ethyl adjacent to an activating group) is 1. The van der Waals surface area contributed by atoms with E-state index in [1.807, 2.05) is 23.8 Å². The number of carbonyl (C=O) groups excluding carboxylic acids is 1. The first kappa shape index (κ1) is 18.1. The van der Waals surface area contributed by atoms with Crippen LogP contribution in [0.15, 0.2) is 35.7 Å². The summed E-state index contributed by atoms with van der Waals surface area (Å²) in [7, 11) is 1.95. The fraction of sp³-hybridized carbons (Fsp3) is 0.450. The number of amides is 1. The highest BCUT2D eigenvalue weighted by Crippen LogP contribution is 2.35. The minimum atomic E-state index is -0.236. The van der Waals surface area contributed by atoms with Crippen molar-refractivity contribution >= 4 is 17.2 Å². The Hall–Kier alpha value is -1.72. The Bertz CT molecular complexity index is 728. The average molecular weight is 360 g/mol. The molecule has 0 aliphatic carbocycles. The van der Waals surface area contributed by atoms with E-state index in [9.17, 15) is 9.18 Å². The third-order valence-corrected chi connectivity index (χ3v) is 6.20. The van der Waals surface area contributed by atoms with Gasteiger partial charge < -0.3 is 4.90 Å². The Morgan fingerprint density at radius 1 is 1.36 bits per heavy atom. The Labute approximate surface area is 153 Å². The van der Waals surface area contributed by atoms with E-state index in [0.29, 0.717) is 6.54 Å². The smallest absolute Gasteiger partial charge is 0.237 e. The molecule has 0 spiro atoms. The van der Waals surface area contributed by atoms with Gasteiger partial charge in [-0.05, 0) is 61.5 Å². The Balaban J connectivity index is 1.68. The summed E-state index contributed by atoms with van der Waals surface area (Å²) in [5.74, 6) is -0.0690. The number of carbonyl (C=O) groups is 1. The van der Waals surface area contributed by atoms with Crippen molar-refractivity contribution in [1.82, 2.24) is 9.80 Å². The molecule has 0 bridgehead atoms. The van der Waals surface area contributed by atoms with Gasteiger partial charge in [0.1, 0.15) is 5.82 Å². The molecule has 2 unspecified atom stereocenters. The minimum Gasteiger partial charge on any atom is -0.334 e. The van der Waals surface area contributed by atoms with Gasteiger partial charge in [-0.15, -0.1) is 11.3 Å². The van der Waals surface area contributed by atoms with Crippen LogP contribution in [0.4, 0.5) is 4.39 Å². The number of nitrogens with zero attached hydrogens (tertiary/aromatic N) is 2. The summed E-state index contributed by atoms with van der Waals surface area (Å²) in [5.41, 5.74) is 2.34. The molecule has 5 heteroatoms. The molecule has 1 aliphatic heterocycles. The summed E-state index contributed by atoms with van der Waals surface area (Å²) >= 11 is 1.80. The highest BCUT2D eigenvalue weighted by Gasteiger charge is 2.31. The predicted molar refractivity (Wildman–Crippen MR) is 100 cm³/mol. The van der Waals surface area contributed by atoms with Crippen LogP contribution in [0, 0.1) is 5.82 Å². The number of hydrogen-bond acceptors (Lipinski definition) is 3. The molecule has 0 radical (unpaired) electrons. The maximum Gasteiger partial charge on any atom is 0.237 e. The molecule has 0 saturated carbocycles. The molecule has 0 N–H and O–H groups in total. The van der Waals surface area contributed by atoms with Gasteiger partial charge in [-0.1, -0.05) is 19.1 Å². The van der Waals surface area contributed by atoms with Crippen molar-refractivity contribution in [3.8, 4) is 0 Å². The van der Waals surface area contributed by atoms with E-state index in [2.05, 4.69) is 18.4 Å². The van der Waals surface area contributed by atoms with Crippen molar-refractivity contribution in [3.63, 3.8) is 0 Å². The van der Waals surface area contributed by atoms with Crippen molar-refractivity contribution in [1.29, 1.82) is 0 Å². The lowest BCUT2D eigenvalue weighted by atomic mass is 9.97. The molecule has 1 aliphatic rings. The molecule has 134 valence electrons. The summed E-state index contributed by atoms with van der Waals surface area (Å²) < 4.78 is 13.1. The number of halogens is 1. The topological polar surface area (TPSA) is 23.6 Å². The fourth-order valence-corrected chi connectivity index (χ4v) is 4.50. The molecule has 0 fully saturated rings. The van der Waals surface area contributed by atoms with Gasteiger partial charge in [0, 0.05) is 17.5 Å². The first-order valence-electron chi connectivity index (χ1n) is 8.82. The van der Waals surface area contributed by atoms with Crippen LogP contribution in [0.3, 0.4) is 0 Å². The van der Waals surface area contributed by atoms with E-state index < -0.39 is 0 Å². The lowest BCUT2D eigenvalue weighted by Gasteiger charge is -2.37. The Morgan fingerprint density at radius 2 is 2.08 bits per heavy atom. The lowest BCUT2D eigenvalue weighted by molar-refractivity contribution is -0.135. The van der Waals surface area contributed by atoms with E-state index >= 15 is 0 Å². The van der Waals surface area contributed by atoms with Gasteiger partial charge in [0.2, 0.25) is 5.91 Å².